The van der Waals surface area contributed by atoms with Crippen molar-refractivity contribution in [2.45, 2.75) is 20.3 Å². The van der Waals surface area contributed by atoms with Gasteiger partial charge in [-0.15, -0.1) is 0 Å². The molecule has 0 atom stereocenters. The van der Waals surface area contributed by atoms with Gasteiger partial charge in [-0.05, 0) is 5.53 Å². The van der Waals surface area contributed by atoms with Gasteiger partial charge >= 0.3 is 0 Å². The van der Waals surface area contributed by atoms with Crippen molar-refractivity contribution in [2.24, 2.45) is 10.5 Å². The van der Waals surface area contributed by atoms with E-state index in [-0.39, 0.29) is 31.3 Å². The first kappa shape index (κ1) is 10.5. The number of imide groups is 1. The highest BCUT2D eigenvalue weighted by molar-refractivity contribution is 6.05. The van der Waals surface area contributed by atoms with Crippen LogP contribution in [0.3, 0.4) is 0 Å². The number of nitrogens with zero attached hydrogens (tertiary/aromatic N) is 4. The minimum absolute atomic E-state index is 0.143. The van der Waals surface area contributed by atoms with Crippen LogP contribution in [-0.4, -0.2) is 29.8 Å². The van der Waals surface area contributed by atoms with E-state index in [0.717, 1.165) is 4.90 Å². The molecule has 6 heteroatoms. The summed E-state index contributed by atoms with van der Waals surface area (Å²) in [6.07, 6.45) is 0.238. The Balaban J connectivity index is 2.66. The monoisotopic (exact) mass is 196 g/mol. The smallest absolute Gasteiger partial charge is 0.235 e. The van der Waals surface area contributed by atoms with E-state index in [0.29, 0.717) is 0 Å². The van der Waals surface area contributed by atoms with Gasteiger partial charge in [0.2, 0.25) is 11.8 Å². The van der Waals surface area contributed by atoms with E-state index in [9.17, 15) is 9.59 Å². The zero-order valence-electron chi connectivity index (χ0n) is 8.23. The van der Waals surface area contributed by atoms with E-state index >= 15 is 0 Å². The number of carbonyl (C=O) groups is 2. The van der Waals surface area contributed by atoms with Crippen molar-refractivity contribution in [2.75, 3.05) is 13.1 Å². The molecule has 76 valence electrons. The van der Waals surface area contributed by atoms with Crippen molar-refractivity contribution in [1.82, 2.24) is 4.90 Å². The van der Waals surface area contributed by atoms with Crippen molar-refractivity contribution >= 4 is 11.8 Å². The van der Waals surface area contributed by atoms with Crippen LogP contribution >= 0.6 is 0 Å². The van der Waals surface area contributed by atoms with E-state index in [1.807, 2.05) is 0 Å². The first-order chi connectivity index (χ1) is 6.49. The highest BCUT2D eigenvalue weighted by Crippen LogP contribution is 2.31. The van der Waals surface area contributed by atoms with Crippen LogP contribution in [0.25, 0.3) is 10.4 Å². The van der Waals surface area contributed by atoms with Crippen molar-refractivity contribution in [1.29, 1.82) is 0 Å². The summed E-state index contributed by atoms with van der Waals surface area (Å²) in [6.45, 7) is 3.80. The number of likely N-dealkylation sites (tertiary alicyclic amines) is 1. The van der Waals surface area contributed by atoms with Crippen LogP contribution in [-0.2, 0) is 9.59 Å². The molecule has 0 aromatic carbocycles. The molecule has 0 radical (unpaired) electrons. The van der Waals surface area contributed by atoms with Crippen LogP contribution in [0.1, 0.15) is 20.3 Å². The van der Waals surface area contributed by atoms with Crippen LogP contribution in [0.5, 0.6) is 0 Å². The maximum Gasteiger partial charge on any atom is 0.235 e. The molecule has 0 saturated carbocycles. The molecule has 1 saturated heterocycles. The van der Waals surface area contributed by atoms with Crippen LogP contribution in [0, 0.1) is 5.41 Å². The Kier molecular flexibility index (Phi) is 2.76. The molecular formula is C8H12N4O2. The highest BCUT2D eigenvalue weighted by Gasteiger charge is 2.44. The lowest BCUT2D eigenvalue weighted by molar-refractivity contribution is -0.140. The molecule has 0 N–H and O–H groups in total. The minimum Gasteiger partial charge on any atom is -0.282 e. The molecule has 1 aliphatic rings. The van der Waals surface area contributed by atoms with Crippen molar-refractivity contribution < 1.29 is 9.59 Å². The molecule has 1 rings (SSSR count). The highest BCUT2D eigenvalue weighted by atomic mass is 16.2. The normalized spacial score (nSPS) is 19.7. The van der Waals surface area contributed by atoms with Gasteiger partial charge in [0.25, 0.3) is 0 Å². The maximum absolute atomic E-state index is 11.6. The van der Waals surface area contributed by atoms with Gasteiger partial charge < -0.3 is 0 Å². The molecular weight excluding hydrogens is 184 g/mol. The van der Waals surface area contributed by atoms with Gasteiger partial charge in [0, 0.05) is 24.4 Å². The van der Waals surface area contributed by atoms with Crippen LogP contribution < -0.4 is 0 Å². The molecule has 0 spiro atoms. The van der Waals surface area contributed by atoms with Crippen LogP contribution in [0.15, 0.2) is 5.11 Å². The second-order valence-electron chi connectivity index (χ2n) is 3.87. The Labute approximate surface area is 81.5 Å². The number of amides is 2. The summed E-state index contributed by atoms with van der Waals surface area (Å²) in [6, 6.07) is 0. The molecule has 0 aromatic rings. The Morgan fingerprint density at radius 1 is 1.57 bits per heavy atom. The van der Waals surface area contributed by atoms with Crippen molar-refractivity contribution in [3.05, 3.63) is 10.4 Å². The predicted octanol–water partition coefficient (Wildman–Crippen LogP) is 1.08. The molecule has 1 aliphatic heterocycles. The minimum atomic E-state index is -0.604. The van der Waals surface area contributed by atoms with Gasteiger partial charge in [-0.25, -0.2) is 0 Å². The van der Waals surface area contributed by atoms with E-state index in [1.54, 1.807) is 13.8 Å². The average Bonchev–Trinajstić information content (AvgIpc) is 2.27. The van der Waals surface area contributed by atoms with Gasteiger partial charge in [-0.2, -0.15) is 0 Å². The van der Waals surface area contributed by atoms with E-state index in [2.05, 4.69) is 10.0 Å². The third-order valence-corrected chi connectivity index (χ3v) is 2.21. The Bertz CT molecular complexity index is 317. The number of hydrogen-bond donors (Lipinski definition) is 0. The molecule has 0 unspecified atom stereocenters. The molecule has 0 aromatic heterocycles. The van der Waals surface area contributed by atoms with Crippen molar-refractivity contribution in [3.8, 4) is 0 Å². The zero-order chi connectivity index (χ0) is 10.8. The first-order valence-electron chi connectivity index (χ1n) is 4.35. The fraction of sp³-hybridized carbons (Fsp3) is 0.750. The third kappa shape index (κ3) is 1.85. The second-order valence-corrected chi connectivity index (χ2v) is 3.87. The van der Waals surface area contributed by atoms with Crippen LogP contribution in [0.4, 0.5) is 0 Å². The molecule has 0 aliphatic carbocycles. The van der Waals surface area contributed by atoms with E-state index in [1.165, 1.54) is 0 Å². The molecule has 1 fully saturated rings. The SMILES string of the molecule is CC1(C)CC(=O)N(CCN=[N+]=[N-])C1=O. The lowest BCUT2D eigenvalue weighted by Crippen LogP contribution is -2.34. The van der Waals surface area contributed by atoms with Gasteiger partial charge in [0.05, 0.1) is 5.41 Å². The number of rotatable bonds is 3. The summed E-state index contributed by atoms with van der Waals surface area (Å²) in [5.74, 6) is -0.372. The lowest BCUT2D eigenvalue weighted by atomic mass is 9.92. The lowest BCUT2D eigenvalue weighted by Gasteiger charge is -2.16. The summed E-state index contributed by atoms with van der Waals surface area (Å²) in [5, 5.41) is 3.29. The quantitative estimate of drug-likeness (QED) is 0.292. The zero-order valence-corrected chi connectivity index (χ0v) is 8.23. The third-order valence-electron chi connectivity index (χ3n) is 2.21. The summed E-state index contributed by atoms with van der Waals surface area (Å²) >= 11 is 0. The fourth-order valence-electron chi connectivity index (χ4n) is 1.44. The molecule has 1 heterocycles. The van der Waals surface area contributed by atoms with Crippen LogP contribution in [0.2, 0.25) is 0 Å². The molecule has 2 amide bonds. The van der Waals surface area contributed by atoms with Crippen molar-refractivity contribution in [3.63, 3.8) is 0 Å². The second kappa shape index (κ2) is 3.67. The largest absolute Gasteiger partial charge is 0.282 e. The van der Waals surface area contributed by atoms with Gasteiger partial charge in [0.1, 0.15) is 0 Å². The van der Waals surface area contributed by atoms with E-state index in [4.69, 9.17) is 5.53 Å². The average molecular weight is 196 g/mol. The summed E-state index contributed by atoms with van der Waals surface area (Å²) in [4.78, 5) is 26.7. The first-order valence-corrected chi connectivity index (χ1v) is 4.35. The molecule has 14 heavy (non-hydrogen) atoms. The number of hydrogen-bond acceptors (Lipinski definition) is 3. The Morgan fingerprint density at radius 3 is 2.64 bits per heavy atom. The standard InChI is InChI=1S/C8H12N4O2/c1-8(2)5-6(13)12(7(8)14)4-3-10-11-9/h3-5H2,1-2H3. The van der Waals surface area contributed by atoms with E-state index < -0.39 is 5.41 Å². The summed E-state index contributed by atoms with van der Waals surface area (Å²) in [5.41, 5.74) is 7.44. The Morgan fingerprint density at radius 2 is 2.21 bits per heavy atom. The number of azide groups is 1. The van der Waals surface area contributed by atoms with Gasteiger partial charge in [0.15, 0.2) is 0 Å². The topological polar surface area (TPSA) is 86.1 Å². The Hall–Kier alpha value is -1.55. The molecule has 6 nitrogen and oxygen atoms in total. The molecule has 0 bridgehead atoms. The van der Waals surface area contributed by atoms with Gasteiger partial charge in [-0.1, -0.05) is 19.0 Å². The summed E-state index contributed by atoms with van der Waals surface area (Å²) < 4.78 is 0. The number of carbonyl (C=O) groups excluding carboxylic acids is 2. The predicted molar refractivity (Wildman–Crippen MR) is 49.1 cm³/mol. The summed E-state index contributed by atoms with van der Waals surface area (Å²) in [7, 11) is 0. The maximum atomic E-state index is 11.6. The van der Waals surface area contributed by atoms with Gasteiger partial charge in [-0.3, -0.25) is 14.5 Å². The fourth-order valence-corrected chi connectivity index (χ4v) is 1.44.